The Balaban J connectivity index is 2.28. The number of sulfonamides is 1. The van der Waals surface area contributed by atoms with Gasteiger partial charge in [0.05, 0.1) is 29.5 Å². The summed E-state index contributed by atoms with van der Waals surface area (Å²) in [6.45, 7) is 0.344. The van der Waals surface area contributed by atoms with Crippen LogP contribution in [0.4, 0.5) is 0 Å². The Labute approximate surface area is 136 Å². The van der Waals surface area contributed by atoms with Crippen molar-refractivity contribution in [3.05, 3.63) is 70.8 Å². The molecule has 0 aromatic heterocycles. The Kier molecular flexibility index (Phi) is 5.13. The summed E-state index contributed by atoms with van der Waals surface area (Å²) in [4.78, 5) is 0. The zero-order chi connectivity index (χ0) is 16.9. The van der Waals surface area contributed by atoms with Gasteiger partial charge in [0.15, 0.2) is 0 Å². The van der Waals surface area contributed by atoms with Gasteiger partial charge in [-0.1, -0.05) is 24.3 Å². The molecule has 0 aliphatic rings. The fourth-order valence-corrected chi connectivity index (χ4v) is 2.94. The van der Waals surface area contributed by atoms with Crippen molar-refractivity contribution >= 4 is 10.0 Å². The van der Waals surface area contributed by atoms with Crippen molar-refractivity contribution in [1.29, 1.82) is 10.5 Å². The number of rotatable bonds is 5. The first-order chi connectivity index (χ1) is 10.9. The van der Waals surface area contributed by atoms with E-state index in [4.69, 9.17) is 10.5 Å². The monoisotopic (exact) mass is 325 g/mol. The van der Waals surface area contributed by atoms with E-state index in [0.717, 1.165) is 17.4 Å². The second-order valence-electron chi connectivity index (χ2n) is 5.16. The first kappa shape index (κ1) is 16.7. The second-order valence-corrected chi connectivity index (χ2v) is 7.14. The van der Waals surface area contributed by atoms with Gasteiger partial charge in [-0.25, -0.2) is 8.42 Å². The van der Waals surface area contributed by atoms with Crippen LogP contribution in [0.2, 0.25) is 0 Å². The Morgan fingerprint density at radius 2 is 1.35 bits per heavy atom. The summed E-state index contributed by atoms with van der Waals surface area (Å²) < 4.78 is 25.4. The molecule has 5 nitrogen and oxygen atoms in total. The highest BCUT2D eigenvalue weighted by atomic mass is 32.2. The summed E-state index contributed by atoms with van der Waals surface area (Å²) in [7, 11) is -3.43. The summed E-state index contributed by atoms with van der Waals surface area (Å²) in [5.41, 5.74) is 2.46. The van der Waals surface area contributed by atoms with Crippen LogP contribution in [0, 0.1) is 22.7 Å². The summed E-state index contributed by atoms with van der Waals surface area (Å²) in [5.74, 6) is 0. The third kappa shape index (κ3) is 4.65. The first-order valence-electron chi connectivity index (χ1n) is 6.85. The third-order valence-electron chi connectivity index (χ3n) is 3.30. The van der Waals surface area contributed by atoms with Crippen molar-refractivity contribution in [2.75, 3.05) is 6.26 Å². The molecule has 2 rings (SSSR count). The lowest BCUT2D eigenvalue weighted by Crippen LogP contribution is -2.29. The molecule has 0 amide bonds. The molecular weight excluding hydrogens is 310 g/mol. The van der Waals surface area contributed by atoms with Crippen molar-refractivity contribution in [2.24, 2.45) is 0 Å². The molecule has 23 heavy (non-hydrogen) atoms. The van der Waals surface area contributed by atoms with Crippen LogP contribution >= 0.6 is 0 Å². The number of nitriles is 2. The van der Waals surface area contributed by atoms with E-state index in [1.165, 1.54) is 4.31 Å². The van der Waals surface area contributed by atoms with Crippen LogP contribution in [-0.2, 0) is 23.1 Å². The standard InChI is InChI=1S/C17H15N3O2S/c1-23(21,22)20(12-16-6-2-4-14(8-16)10-18)13-17-7-3-5-15(9-17)11-19/h2-9H,12-13H2,1H3. The van der Waals surface area contributed by atoms with E-state index < -0.39 is 10.0 Å². The first-order valence-corrected chi connectivity index (χ1v) is 8.70. The molecule has 0 bridgehead atoms. The van der Waals surface area contributed by atoms with Crippen LogP contribution in [0.25, 0.3) is 0 Å². The predicted octanol–water partition coefficient (Wildman–Crippen LogP) is 2.39. The highest BCUT2D eigenvalue weighted by Gasteiger charge is 2.18. The highest BCUT2D eigenvalue weighted by molar-refractivity contribution is 7.88. The SMILES string of the molecule is CS(=O)(=O)N(Cc1cccc(C#N)c1)Cc1cccc(C#N)c1. The lowest BCUT2D eigenvalue weighted by atomic mass is 10.1. The third-order valence-corrected chi connectivity index (χ3v) is 4.50. The topological polar surface area (TPSA) is 85.0 Å². The summed E-state index contributed by atoms with van der Waals surface area (Å²) in [6, 6.07) is 17.8. The molecule has 116 valence electrons. The maximum atomic E-state index is 12.0. The van der Waals surface area contributed by atoms with E-state index in [2.05, 4.69) is 0 Å². The lowest BCUT2D eigenvalue weighted by molar-refractivity contribution is 0.405. The van der Waals surface area contributed by atoms with E-state index >= 15 is 0 Å². The van der Waals surface area contributed by atoms with E-state index in [0.29, 0.717) is 11.1 Å². The fraction of sp³-hybridized carbons (Fsp3) is 0.176. The van der Waals surface area contributed by atoms with Crippen molar-refractivity contribution in [1.82, 2.24) is 4.31 Å². The van der Waals surface area contributed by atoms with Crippen molar-refractivity contribution in [3.8, 4) is 12.1 Å². The zero-order valence-electron chi connectivity index (χ0n) is 12.6. The van der Waals surface area contributed by atoms with Crippen molar-refractivity contribution in [2.45, 2.75) is 13.1 Å². The van der Waals surface area contributed by atoms with E-state index in [-0.39, 0.29) is 13.1 Å². The molecule has 2 aromatic carbocycles. The van der Waals surface area contributed by atoms with Crippen LogP contribution in [0.1, 0.15) is 22.3 Å². The van der Waals surface area contributed by atoms with Crippen molar-refractivity contribution in [3.63, 3.8) is 0 Å². The smallest absolute Gasteiger partial charge is 0.211 e. The normalized spacial score (nSPS) is 11.0. The molecule has 6 heteroatoms. The van der Waals surface area contributed by atoms with Gasteiger partial charge in [0.2, 0.25) is 10.0 Å². The molecule has 0 N–H and O–H groups in total. The maximum absolute atomic E-state index is 12.0. The largest absolute Gasteiger partial charge is 0.212 e. The van der Waals surface area contributed by atoms with E-state index in [1.54, 1.807) is 48.5 Å². The predicted molar refractivity (Wildman–Crippen MR) is 86.4 cm³/mol. The van der Waals surface area contributed by atoms with Crippen LogP contribution in [0.5, 0.6) is 0 Å². The average molecular weight is 325 g/mol. The molecule has 0 saturated carbocycles. The molecule has 0 radical (unpaired) electrons. The van der Waals surface area contributed by atoms with Crippen LogP contribution < -0.4 is 0 Å². The van der Waals surface area contributed by atoms with Gasteiger partial charge in [0.1, 0.15) is 0 Å². The second kappa shape index (κ2) is 7.06. The Bertz CT molecular complexity index is 833. The summed E-state index contributed by atoms with van der Waals surface area (Å²) in [6.07, 6.45) is 1.15. The molecule has 0 atom stereocenters. The zero-order valence-corrected chi connectivity index (χ0v) is 13.4. The lowest BCUT2D eigenvalue weighted by Gasteiger charge is -2.20. The Morgan fingerprint density at radius 1 is 0.913 bits per heavy atom. The molecule has 0 unspecified atom stereocenters. The van der Waals surface area contributed by atoms with Crippen LogP contribution in [-0.4, -0.2) is 19.0 Å². The minimum absolute atomic E-state index is 0.172. The molecule has 0 spiro atoms. The number of hydrogen-bond acceptors (Lipinski definition) is 4. The van der Waals surface area contributed by atoms with Gasteiger partial charge in [-0.3, -0.25) is 0 Å². The molecular formula is C17H15N3O2S. The quantitative estimate of drug-likeness (QED) is 0.845. The van der Waals surface area contributed by atoms with Crippen LogP contribution in [0.15, 0.2) is 48.5 Å². The molecule has 0 aliphatic heterocycles. The minimum atomic E-state index is -3.43. The Hall–Kier alpha value is -2.67. The molecule has 0 fully saturated rings. The van der Waals surface area contributed by atoms with E-state index in [9.17, 15) is 8.42 Å². The van der Waals surface area contributed by atoms with Gasteiger partial charge in [-0.2, -0.15) is 14.8 Å². The molecule has 2 aromatic rings. The average Bonchev–Trinajstić information content (AvgIpc) is 2.54. The summed E-state index contributed by atoms with van der Waals surface area (Å²) in [5, 5.41) is 17.9. The van der Waals surface area contributed by atoms with Gasteiger partial charge < -0.3 is 0 Å². The minimum Gasteiger partial charge on any atom is -0.212 e. The Morgan fingerprint density at radius 3 is 1.70 bits per heavy atom. The van der Waals surface area contributed by atoms with Gasteiger partial charge in [-0.05, 0) is 35.4 Å². The van der Waals surface area contributed by atoms with Gasteiger partial charge in [-0.15, -0.1) is 0 Å². The van der Waals surface area contributed by atoms with Crippen molar-refractivity contribution < 1.29 is 8.42 Å². The number of nitrogens with zero attached hydrogens (tertiary/aromatic N) is 3. The molecule has 0 saturated heterocycles. The fourth-order valence-electron chi connectivity index (χ4n) is 2.18. The number of hydrogen-bond donors (Lipinski definition) is 0. The molecule has 0 heterocycles. The highest BCUT2D eigenvalue weighted by Crippen LogP contribution is 2.15. The van der Waals surface area contributed by atoms with Crippen LogP contribution in [0.3, 0.4) is 0 Å². The van der Waals surface area contributed by atoms with Gasteiger partial charge in [0, 0.05) is 13.1 Å². The maximum Gasteiger partial charge on any atom is 0.211 e. The van der Waals surface area contributed by atoms with Gasteiger partial charge in [0.25, 0.3) is 0 Å². The number of benzene rings is 2. The van der Waals surface area contributed by atoms with Gasteiger partial charge >= 0.3 is 0 Å². The molecule has 0 aliphatic carbocycles. The summed E-state index contributed by atoms with van der Waals surface area (Å²) >= 11 is 0. The van der Waals surface area contributed by atoms with E-state index in [1.807, 2.05) is 12.1 Å².